The maximum absolute atomic E-state index is 13.7. The van der Waals surface area contributed by atoms with Crippen LogP contribution in [0.5, 0.6) is 11.5 Å². The Hall–Kier alpha value is -3.32. The first kappa shape index (κ1) is 29.2. The van der Waals surface area contributed by atoms with Crippen molar-refractivity contribution in [3.8, 4) is 11.5 Å². The number of nitrogens with one attached hydrogen (secondary N) is 1. The summed E-state index contributed by atoms with van der Waals surface area (Å²) in [5.74, 6) is 1.27. The summed E-state index contributed by atoms with van der Waals surface area (Å²) < 4.78 is 12.0. The molecule has 0 unspecified atom stereocenters. The van der Waals surface area contributed by atoms with E-state index in [0.29, 0.717) is 26.0 Å². The number of nitrogens with zero attached hydrogens (tertiary/aromatic N) is 1. The van der Waals surface area contributed by atoms with Crippen molar-refractivity contribution in [3.63, 3.8) is 0 Å². The van der Waals surface area contributed by atoms with E-state index in [0.717, 1.165) is 33.5 Å². The molecule has 0 aliphatic carbocycles. The van der Waals surface area contributed by atoms with Crippen LogP contribution < -0.4 is 14.8 Å². The first-order chi connectivity index (χ1) is 18.4. The molecular weight excluding hydrogens is 544 g/mol. The van der Waals surface area contributed by atoms with Gasteiger partial charge in [0.1, 0.15) is 17.5 Å². The SMILES string of the molecule is CC[C@H](C)NC(=O)[C@@H](Cc1ccccc1)N(Cc1ccc(Br)cc1)C(=O)CCCOc1ccc(OC)cc1. The van der Waals surface area contributed by atoms with E-state index in [1.54, 1.807) is 12.0 Å². The monoisotopic (exact) mass is 580 g/mol. The van der Waals surface area contributed by atoms with Crippen LogP contribution in [0, 0.1) is 0 Å². The van der Waals surface area contributed by atoms with E-state index < -0.39 is 6.04 Å². The van der Waals surface area contributed by atoms with Crippen LogP contribution in [0.4, 0.5) is 0 Å². The van der Waals surface area contributed by atoms with Gasteiger partial charge in [0.2, 0.25) is 11.8 Å². The standard InChI is InChI=1S/C31H37BrN2O4/c1-4-23(2)33-31(36)29(21-24-9-6-5-7-10-24)34(22-25-12-14-26(32)15-13-25)30(35)11-8-20-38-28-18-16-27(37-3)17-19-28/h5-7,9-10,12-19,23,29H,4,8,11,20-22H2,1-3H3,(H,33,36)/t23-,29+/m0/s1. The minimum absolute atomic E-state index is 0.0169. The second kappa shape index (κ2) is 15.2. The van der Waals surface area contributed by atoms with Crippen molar-refractivity contribution in [2.24, 2.45) is 0 Å². The van der Waals surface area contributed by atoms with E-state index in [1.165, 1.54) is 0 Å². The molecule has 7 heteroatoms. The third-order valence-corrected chi connectivity index (χ3v) is 6.93. The molecule has 38 heavy (non-hydrogen) atoms. The number of halogens is 1. The Kier molecular flexibility index (Phi) is 11.7. The van der Waals surface area contributed by atoms with E-state index in [9.17, 15) is 9.59 Å². The maximum Gasteiger partial charge on any atom is 0.243 e. The molecule has 2 amide bonds. The number of methoxy groups -OCH3 is 1. The normalized spacial score (nSPS) is 12.3. The number of hydrogen-bond acceptors (Lipinski definition) is 4. The Bertz CT molecular complexity index is 1140. The van der Waals surface area contributed by atoms with E-state index in [1.807, 2.05) is 92.7 Å². The van der Waals surface area contributed by atoms with Crippen molar-refractivity contribution < 1.29 is 19.1 Å². The van der Waals surface area contributed by atoms with Crippen molar-refractivity contribution in [1.29, 1.82) is 0 Å². The molecule has 0 aliphatic rings. The molecule has 0 heterocycles. The average molecular weight is 582 g/mol. The summed E-state index contributed by atoms with van der Waals surface area (Å²) in [6.07, 6.45) is 2.06. The van der Waals surface area contributed by atoms with Crippen LogP contribution in [0.15, 0.2) is 83.3 Å². The van der Waals surface area contributed by atoms with Crippen LogP contribution in [-0.4, -0.2) is 42.5 Å². The molecule has 0 spiro atoms. The van der Waals surface area contributed by atoms with Gasteiger partial charge in [-0.1, -0.05) is 65.3 Å². The first-order valence-corrected chi connectivity index (χ1v) is 13.8. The molecule has 0 fully saturated rings. The summed E-state index contributed by atoms with van der Waals surface area (Å²) in [6.45, 7) is 4.75. The summed E-state index contributed by atoms with van der Waals surface area (Å²) in [4.78, 5) is 28.9. The van der Waals surface area contributed by atoms with Gasteiger partial charge in [-0.2, -0.15) is 0 Å². The highest BCUT2D eigenvalue weighted by atomic mass is 79.9. The molecule has 0 bridgehead atoms. The zero-order chi connectivity index (χ0) is 27.3. The highest BCUT2D eigenvalue weighted by molar-refractivity contribution is 9.10. The van der Waals surface area contributed by atoms with Gasteiger partial charge in [0, 0.05) is 29.9 Å². The molecule has 0 saturated carbocycles. The molecule has 3 aromatic carbocycles. The van der Waals surface area contributed by atoms with Gasteiger partial charge >= 0.3 is 0 Å². The van der Waals surface area contributed by atoms with Crippen molar-refractivity contribution in [2.45, 2.75) is 58.2 Å². The zero-order valence-corrected chi connectivity index (χ0v) is 23.9. The molecule has 0 saturated heterocycles. The summed E-state index contributed by atoms with van der Waals surface area (Å²) in [5.41, 5.74) is 1.97. The third kappa shape index (κ3) is 9.21. The lowest BCUT2D eigenvalue weighted by molar-refractivity contribution is -0.141. The number of hydrogen-bond donors (Lipinski definition) is 1. The smallest absolute Gasteiger partial charge is 0.243 e. The van der Waals surface area contributed by atoms with Crippen LogP contribution in [0.2, 0.25) is 0 Å². The Balaban J connectivity index is 1.77. The predicted molar refractivity (Wildman–Crippen MR) is 154 cm³/mol. The van der Waals surface area contributed by atoms with Crippen LogP contribution in [0.1, 0.15) is 44.2 Å². The minimum Gasteiger partial charge on any atom is -0.497 e. The third-order valence-electron chi connectivity index (χ3n) is 6.40. The highest BCUT2D eigenvalue weighted by Crippen LogP contribution is 2.20. The number of ether oxygens (including phenoxy) is 2. The molecule has 0 aliphatic heterocycles. The van der Waals surface area contributed by atoms with E-state index in [2.05, 4.69) is 21.2 Å². The quantitative estimate of drug-likeness (QED) is 0.231. The lowest BCUT2D eigenvalue weighted by Gasteiger charge is -2.32. The summed E-state index contributed by atoms with van der Waals surface area (Å²) in [7, 11) is 1.62. The number of amides is 2. The van der Waals surface area contributed by atoms with Crippen LogP contribution >= 0.6 is 15.9 Å². The molecule has 6 nitrogen and oxygen atoms in total. The van der Waals surface area contributed by atoms with Gasteiger partial charge in [0.05, 0.1) is 13.7 Å². The van der Waals surface area contributed by atoms with Gasteiger partial charge in [0.25, 0.3) is 0 Å². The molecule has 0 radical (unpaired) electrons. The molecule has 1 N–H and O–H groups in total. The first-order valence-electron chi connectivity index (χ1n) is 13.0. The molecule has 0 aromatic heterocycles. The van der Waals surface area contributed by atoms with Gasteiger partial charge in [-0.3, -0.25) is 9.59 Å². The van der Waals surface area contributed by atoms with E-state index in [-0.39, 0.29) is 24.3 Å². The Morgan fingerprint density at radius 1 is 0.921 bits per heavy atom. The van der Waals surface area contributed by atoms with Crippen molar-refractivity contribution in [2.75, 3.05) is 13.7 Å². The number of carbonyl (C=O) groups is 2. The molecule has 3 aromatic rings. The fraction of sp³-hybridized carbons (Fsp3) is 0.355. The number of rotatable bonds is 14. The second-order valence-corrected chi connectivity index (χ2v) is 10.2. The summed E-state index contributed by atoms with van der Waals surface area (Å²) in [6, 6.07) is 24.4. The second-order valence-electron chi connectivity index (χ2n) is 9.30. The molecular formula is C31H37BrN2O4. The van der Waals surface area contributed by atoms with Gasteiger partial charge in [-0.15, -0.1) is 0 Å². The van der Waals surface area contributed by atoms with Gasteiger partial charge in [-0.05, 0) is 67.3 Å². The van der Waals surface area contributed by atoms with Crippen molar-refractivity contribution in [1.82, 2.24) is 10.2 Å². The van der Waals surface area contributed by atoms with Gasteiger partial charge < -0.3 is 19.7 Å². The van der Waals surface area contributed by atoms with Crippen LogP contribution in [0.3, 0.4) is 0 Å². The van der Waals surface area contributed by atoms with Crippen molar-refractivity contribution in [3.05, 3.63) is 94.5 Å². The predicted octanol–water partition coefficient (Wildman–Crippen LogP) is 6.17. The summed E-state index contributed by atoms with van der Waals surface area (Å²) >= 11 is 3.48. The fourth-order valence-corrected chi connectivity index (χ4v) is 4.27. The topological polar surface area (TPSA) is 67.9 Å². The Morgan fingerprint density at radius 3 is 2.21 bits per heavy atom. The lowest BCUT2D eigenvalue weighted by atomic mass is 10.0. The van der Waals surface area contributed by atoms with E-state index >= 15 is 0 Å². The van der Waals surface area contributed by atoms with E-state index in [4.69, 9.17) is 9.47 Å². The fourth-order valence-electron chi connectivity index (χ4n) is 4.01. The van der Waals surface area contributed by atoms with Gasteiger partial charge in [0.15, 0.2) is 0 Å². The highest BCUT2D eigenvalue weighted by Gasteiger charge is 2.30. The molecule has 202 valence electrons. The van der Waals surface area contributed by atoms with Crippen molar-refractivity contribution >= 4 is 27.7 Å². The number of carbonyl (C=O) groups excluding carboxylic acids is 2. The molecule has 2 atom stereocenters. The minimum atomic E-state index is -0.634. The Labute approximate surface area is 234 Å². The number of benzene rings is 3. The van der Waals surface area contributed by atoms with Crippen LogP contribution in [0.25, 0.3) is 0 Å². The lowest BCUT2D eigenvalue weighted by Crippen LogP contribution is -2.52. The largest absolute Gasteiger partial charge is 0.497 e. The zero-order valence-electron chi connectivity index (χ0n) is 22.4. The van der Waals surface area contributed by atoms with Gasteiger partial charge in [-0.25, -0.2) is 0 Å². The maximum atomic E-state index is 13.7. The Morgan fingerprint density at radius 2 is 1.58 bits per heavy atom. The average Bonchev–Trinajstić information content (AvgIpc) is 2.94. The molecule has 3 rings (SSSR count). The van der Waals surface area contributed by atoms with Crippen LogP contribution in [-0.2, 0) is 22.6 Å². The summed E-state index contributed by atoms with van der Waals surface area (Å²) in [5, 5.41) is 3.10.